The van der Waals surface area contributed by atoms with E-state index in [1.54, 1.807) is 24.1 Å². The molecule has 0 unspecified atom stereocenters. The molecule has 1 atom stereocenters. The largest absolute Gasteiger partial charge is 0.493 e. The van der Waals surface area contributed by atoms with Crippen LogP contribution in [0.15, 0.2) is 54.6 Å². The molecule has 31 heavy (non-hydrogen) atoms. The molecule has 4 nitrogen and oxygen atoms in total. The summed E-state index contributed by atoms with van der Waals surface area (Å²) in [6.45, 7) is 0.327. The summed E-state index contributed by atoms with van der Waals surface area (Å²) in [6, 6.07) is 13.3. The van der Waals surface area contributed by atoms with Crippen molar-refractivity contribution in [1.29, 1.82) is 0 Å². The summed E-state index contributed by atoms with van der Waals surface area (Å²) in [5.74, 6) is -1.08. The van der Waals surface area contributed by atoms with E-state index < -0.39 is 23.6 Å². The van der Waals surface area contributed by atoms with Crippen molar-refractivity contribution in [2.75, 3.05) is 20.8 Å². The number of benzene rings is 3. The molecule has 1 aliphatic rings. The van der Waals surface area contributed by atoms with E-state index in [9.17, 15) is 13.6 Å². The van der Waals surface area contributed by atoms with Crippen LogP contribution in [0.4, 0.5) is 8.78 Å². The van der Waals surface area contributed by atoms with Crippen molar-refractivity contribution < 1.29 is 23.0 Å². The zero-order valence-electron chi connectivity index (χ0n) is 17.0. The number of amides is 1. The predicted octanol–water partition coefficient (Wildman–Crippen LogP) is 5.42. The standard InChI is InChI=1S/C24H20ClF2NO3/c1-30-21-11-14-9-10-28(24(29)17-8-7-15(26)12-20(17)27)23(18(14)13-22(21)31-2)16-5-3-4-6-19(16)25/h3-8,11-13,23H,9-10H2,1-2H3/t23-/m0/s1. The van der Waals surface area contributed by atoms with Gasteiger partial charge in [-0.15, -0.1) is 0 Å². The Kier molecular flexibility index (Phi) is 5.83. The van der Waals surface area contributed by atoms with Gasteiger partial charge in [-0.2, -0.15) is 0 Å². The normalized spacial score (nSPS) is 15.4. The Hall–Kier alpha value is -3.12. The number of hydrogen-bond acceptors (Lipinski definition) is 3. The molecule has 0 aliphatic carbocycles. The fourth-order valence-electron chi connectivity index (χ4n) is 4.01. The van der Waals surface area contributed by atoms with Crippen LogP contribution < -0.4 is 9.47 Å². The van der Waals surface area contributed by atoms with Crippen LogP contribution in [0.3, 0.4) is 0 Å². The molecule has 7 heteroatoms. The zero-order valence-corrected chi connectivity index (χ0v) is 17.7. The van der Waals surface area contributed by atoms with Crippen LogP contribution in [-0.2, 0) is 6.42 Å². The molecule has 160 valence electrons. The Morgan fingerprint density at radius 1 is 1.00 bits per heavy atom. The maximum atomic E-state index is 14.4. The van der Waals surface area contributed by atoms with Gasteiger partial charge >= 0.3 is 0 Å². The van der Waals surface area contributed by atoms with Crippen LogP contribution in [0.1, 0.15) is 33.1 Å². The molecule has 1 aliphatic heterocycles. The first-order valence-electron chi connectivity index (χ1n) is 9.69. The van der Waals surface area contributed by atoms with Gasteiger partial charge < -0.3 is 14.4 Å². The smallest absolute Gasteiger partial charge is 0.257 e. The molecule has 3 aromatic rings. The summed E-state index contributed by atoms with van der Waals surface area (Å²) in [6.07, 6.45) is 0.533. The van der Waals surface area contributed by atoms with Crippen molar-refractivity contribution in [3.63, 3.8) is 0 Å². The molecule has 0 N–H and O–H groups in total. The number of methoxy groups -OCH3 is 2. The van der Waals surface area contributed by atoms with Gasteiger partial charge in [0.25, 0.3) is 5.91 Å². The topological polar surface area (TPSA) is 38.8 Å². The highest BCUT2D eigenvalue weighted by Gasteiger charge is 2.35. The van der Waals surface area contributed by atoms with Crippen molar-refractivity contribution in [2.24, 2.45) is 0 Å². The number of rotatable bonds is 4. The lowest BCUT2D eigenvalue weighted by Crippen LogP contribution is -2.41. The number of nitrogens with zero attached hydrogens (tertiary/aromatic N) is 1. The fraction of sp³-hybridized carbons (Fsp3) is 0.208. The first kappa shape index (κ1) is 21.1. The minimum atomic E-state index is -0.902. The molecule has 0 saturated carbocycles. The number of halogens is 3. The molecule has 0 radical (unpaired) electrons. The lowest BCUT2D eigenvalue weighted by Gasteiger charge is -2.38. The SMILES string of the molecule is COc1cc2c(cc1OC)[C@H](c1ccccc1Cl)N(C(=O)c1ccc(F)cc1F)CC2. The molecule has 0 fully saturated rings. The molecular weight excluding hydrogens is 424 g/mol. The van der Waals surface area contributed by atoms with E-state index >= 15 is 0 Å². The fourth-order valence-corrected chi connectivity index (χ4v) is 4.25. The van der Waals surface area contributed by atoms with Crippen molar-refractivity contribution in [2.45, 2.75) is 12.5 Å². The highest BCUT2D eigenvalue weighted by Crippen LogP contribution is 2.43. The summed E-state index contributed by atoms with van der Waals surface area (Å²) in [7, 11) is 3.10. The van der Waals surface area contributed by atoms with Crippen molar-refractivity contribution in [1.82, 2.24) is 4.90 Å². The van der Waals surface area contributed by atoms with Crippen molar-refractivity contribution >= 4 is 17.5 Å². The second kappa shape index (κ2) is 8.55. The van der Waals surface area contributed by atoms with Gasteiger partial charge in [0.05, 0.1) is 25.8 Å². The van der Waals surface area contributed by atoms with Crippen LogP contribution in [0.2, 0.25) is 5.02 Å². The van der Waals surface area contributed by atoms with E-state index in [1.165, 1.54) is 13.2 Å². The number of carbonyl (C=O) groups excluding carboxylic acids is 1. The summed E-state index contributed by atoms with van der Waals surface area (Å²) < 4.78 is 38.7. The van der Waals surface area contributed by atoms with Gasteiger partial charge in [0.15, 0.2) is 11.5 Å². The van der Waals surface area contributed by atoms with Gasteiger partial charge in [0.2, 0.25) is 0 Å². The Bertz CT molecular complexity index is 1150. The molecule has 1 heterocycles. The molecule has 0 saturated heterocycles. The van der Waals surface area contributed by atoms with Crippen LogP contribution in [0.5, 0.6) is 11.5 Å². The van der Waals surface area contributed by atoms with Crippen LogP contribution >= 0.6 is 11.6 Å². The quantitative estimate of drug-likeness (QED) is 0.540. The van der Waals surface area contributed by atoms with E-state index in [0.717, 1.165) is 17.2 Å². The monoisotopic (exact) mass is 443 g/mol. The lowest BCUT2D eigenvalue weighted by atomic mass is 9.87. The second-order valence-corrected chi connectivity index (χ2v) is 7.61. The van der Waals surface area contributed by atoms with E-state index in [4.69, 9.17) is 21.1 Å². The maximum Gasteiger partial charge on any atom is 0.257 e. The highest BCUT2D eigenvalue weighted by molar-refractivity contribution is 6.31. The van der Waals surface area contributed by atoms with Gasteiger partial charge in [0, 0.05) is 17.6 Å². The van der Waals surface area contributed by atoms with Crippen LogP contribution in [0.25, 0.3) is 0 Å². The molecule has 4 rings (SSSR count). The highest BCUT2D eigenvalue weighted by atomic mass is 35.5. The third-order valence-electron chi connectivity index (χ3n) is 5.50. The minimum Gasteiger partial charge on any atom is -0.493 e. The van der Waals surface area contributed by atoms with E-state index in [0.29, 0.717) is 41.1 Å². The van der Waals surface area contributed by atoms with Gasteiger partial charge in [-0.3, -0.25) is 4.79 Å². The predicted molar refractivity (Wildman–Crippen MR) is 114 cm³/mol. The average Bonchev–Trinajstić information content (AvgIpc) is 2.77. The van der Waals surface area contributed by atoms with E-state index in [-0.39, 0.29) is 5.56 Å². The van der Waals surface area contributed by atoms with Gasteiger partial charge in [-0.25, -0.2) is 8.78 Å². The summed E-state index contributed by atoms with van der Waals surface area (Å²) in [5, 5.41) is 0.479. The molecular formula is C24H20ClF2NO3. The lowest BCUT2D eigenvalue weighted by molar-refractivity contribution is 0.0689. The first-order chi connectivity index (χ1) is 14.9. The van der Waals surface area contributed by atoms with Gasteiger partial charge in [-0.05, 0) is 53.4 Å². The Balaban J connectivity index is 1.88. The third-order valence-corrected chi connectivity index (χ3v) is 5.84. The first-order valence-corrected chi connectivity index (χ1v) is 10.1. The van der Waals surface area contributed by atoms with E-state index in [2.05, 4.69) is 0 Å². The van der Waals surface area contributed by atoms with E-state index in [1.807, 2.05) is 24.3 Å². The molecule has 3 aromatic carbocycles. The maximum absolute atomic E-state index is 14.4. The minimum absolute atomic E-state index is 0.192. The molecule has 0 spiro atoms. The Labute approximate surface area is 184 Å². The van der Waals surface area contributed by atoms with Gasteiger partial charge in [-0.1, -0.05) is 29.8 Å². The summed E-state index contributed by atoms with van der Waals surface area (Å²) in [4.78, 5) is 14.9. The summed E-state index contributed by atoms with van der Waals surface area (Å²) >= 11 is 6.51. The summed E-state index contributed by atoms with van der Waals surface area (Å²) in [5.41, 5.74) is 2.30. The molecule has 0 bridgehead atoms. The molecule has 0 aromatic heterocycles. The Morgan fingerprint density at radius 3 is 2.39 bits per heavy atom. The zero-order chi connectivity index (χ0) is 22.1. The third kappa shape index (κ3) is 3.83. The average molecular weight is 444 g/mol. The number of carbonyl (C=O) groups is 1. The molecule has 1 amide bonds. The van der Waals surface area contributed by atoms with Crippen molar-refractivity contribution in [3.05, 3.63) is 93.5 Å². The van der Waals surface area contributed by atoms with Crippen LogP contribution in [-0.4, -0.2) is 31.6 Å². The number of hydrogen-bond donors (Lipinski definition) is 0. The number of fused-ring (bicyclic) bond motifs is 1. The van der Waals surface area contributed by atoms with Crippen molar-refractivity contribution in [3.8, 4) is 11.5 Å². The van der Waals surface area contributed by atoms with Crippen LogP contribution in [0, 0.1) is 11.6 Å². The second-order valence-electron chi connectivity index (χ2n) is 7.20. The number of ether oxygens (including phenoxy) is 2. The van der Waals surface area contributed by atoms with Gasteiger partial charge in [0.1, 0.15) is 11.6 Å². The Morgan fingerprint density at radius 2 is 1.71 bits per heavy atom.